The van der Waals surface area contributed by atoms with Gasteiger partial charge in [-0.3, -0.25) is 4.79 Å². The molecule has 1 saturated heterocycles. The van der Waals surface area contributed by atoms with Gasteiger partial charge < -0.3 is 14.5 Å². The van der Waals surface area contributed by atoms with Crippen LogP contribution >= 0.6 is 11.6 Å². The fourth-order valence-corrected chi connectivity index (χ4v) is 3.17. The summed E-state index contributed by atoms with van der Waals surface area (Å²) in [5, 5.41) is 0.110. The number of hydrogen-bond donors (Lipinski definition) is 0. The molecule has 0 spiro atoms. The minimum Gasteiger partial charge on any atom is -0.371 e. The van der Waals surface area contributed by atoms with Crippen molar-refractivity contribution in [2.24, 2.45) is 0 Å². The van der Waals surface area contributed by atoms with Crippen molar-refractivity contribution in [1.82, 2.24) is 4.90 Å². The summed E-state index contributed by atoms with van der Waals surface area (Å²) in [7, 11) is 1.55. The van der Waals surface area contributed by atoms with Gasteiger partial charge in [0.25, 0.3) is 5.91 Å². The molecule has 1 aromatic carbocycles. The Kier molecular flexibility index (Phi) is 6.24. The third-order valence-electron chi connectivity index (χ3n) is 4.27. The van der Waals surface area contributed by atoms with Crippen molar-refractivity contribution in [1.29, 1.82) is 0 Å². The first-order valence-corrected chi connectivity index (χ1v) is 8.39. The van der Waals surface area contributed by atoms with Gasteiger partial charge in [-0.1, -0.05) is 17.2 Å². The smallest absolute Gasteiger partial charge is 0.252 e. The molecule has 1 aliphatic heterocycles. The molecule has 1 unspecified atom stereocenters. The van der Waals surface area contributed by atoms with Crippen LogP contribution in [0.3, 0.4) is 0 Å². The first-order valence-electron chi connectivity index (χ1n) is 8.01. The Balaban J connectivity index is 2.05. The largest absolute Gasteiger partial charge is 0.371 e. The standard InChI is InChI=1S/C18H24ClFN2O2/c1-12(2)9-17(24-4)18(23)21-7-8-22(13(3)11-21)14-5-6-16(20)15(19)10-14/h5-6,10,13,17H,1,7-9,11H2,2-4H3/t13-,17?/m0/s1. The highest BCUT2D eigenvalue weighted by Crippen LogP contribution is 2.26. The van der Waals surface area contributed by atoms with Crippen LogP contribution in [0.15, 0.2) is 30.4 Å². The van der Waals surface area contributed by atoms with E-state index in [1.807, 2.05) is 18.7 Å². The first-order chi connectivity index (χ1) is 11.3. The highest BCUT2D eigenvalue weighted by atomic mass is 35.5. The number of methoxy groups -OCH3 is 1. The predicted molar refractivity (Wildman–Crippen MR) is 95.0 cm³/mol. The number of rotatable bonds is 5. The maximum atomic E-state index is 13.3. The topological polar surface area (TPSA) is 32.8 Å². The highest BCUT2D eigenvalue weighted by Gasteiger charge is 2.31. The van der Waals surface area contributed by atoms with E-state index in [1.165, 1.54) is 6.07 Å². The van der Waals surface area contributed by atoms with Gasteiger partial charge in [0.05, 0.1) is 5.02 Å². The van der Waals surface area contributed by atoms with E-state index in [4.69, 9.17) is 16.3 Å². The third-order valence-corrected chi connectivity index (χ3v) is 4.56. The molecule has 0 aromatic heterocycles. The summed E-state index contributed by atoms with van der Waals surface area (Å²) >= 11 is 5.88. The van der Waals surface area contributed by atoms with Crippen molar-refractivity contribution >= 4 is 23.2 Å². The Hall–Kier alpha value is -1.59. The molecule has 0 radical (unpaired) electrons. The van der Waals surface area contributed by atoms with Crippen LogP contribution in [0.1, 0.15) is 20.3 Å². The lowest BCUT2D eigenvalue weighted by atomic mass is 10.1. The van der Waals surface area contributed by atoms with Gasteiger partial charge in [0.15, 0.2) is 0 Å². The third kappa shape index (κ3) is 4.28. The fourth-order valence-electron chi connectivity index (χ4n) is 3.00. The molecule has 2 rings (SSSR count). The zero-order chi connectivity index (χ0) is 17.9. The number of ether oxygens (including phenoxy) is 1. The molecule has 1 heterocycles. The molecule has 0 bridgehead atoms. The summed E-state index contributed by atoms with van der Waals surface area (Å²) < 4.78 is 18.7. The van der Waals surface area contributed by atoms with Crippen LogP contribution in [0.25, 0.3) is 0 Å². The number of amides is 1. The highest BCUT2D eigenvalue weighted by molar-refractivity contribution is 6.31. The van der Waals surface area contributed by atoms with E-state index in [-0.39, 0.29) is 17.0 Å². The number of halogens is 2. The van der Waals surface area contributed by atoms with Crippen molar-refractivity contribution < 1.29 is 13.9 Å². The fraction of sp³-hybridized carbons (Fsp3) is 0.500. The van der Waals surface area contributed by atoms with E-state index in [2.05, 4.69) is 11.5 Å². The summed E-state index contributed by atoms with van der Waals surface area (Å²) in [5.74, 6) is -0.436. The lowest BCUT2D eigenvalue weighted by Crippen LogP contribution is -2.56. The van der Waals surface area contributed by atoms with Crippen LogP contribution in [0.2, 0.25) is 5.02 Å². The minimum absolute atomic E-state index is 0.0101. The van der Waals surface area contributed by atoms with Gasteiger partial charge in [-0.2, -0.15) is 0 Å². The zero-order valence-corrected chi connectivity index (χ0v) is 15.1. The molecular weight excluding hydrogens is 331 g/mol. The van der Waals surface area contributed by atoms with Gasteiger partial charge in [0.1, 0.15) is 11.9 Å². The molecule has 132 valence electrons. The molecule has 2 atom stereocenters. The maximum absolute atomic E-state index is 13.3. The van der Waals surface area contributed by atoms with E-state index >= 15 is 0 Å². The number of piperazine rings is 1. The molecule has 1 aromatic rings. The zero-order valence-electron chi connectivity index (χ0n) is 14.4. The maximum Gasteiger partial charge on any atom is 0.252 e. The summed E-state index contributed by atoms with van der Waals surface area (Å²) in [5.41, 5.74) is 1.79. The van der Waals surface area contributed by atoms with Crippen molar-refractivity contribution in [2.45, 2.75) is 32.4 Å². The SMILES string of the molecule is C=C(C)CC(OC)C(=O)N1CCN(c2ccc(F)c(Cl)c2)[C@@H](C)C1. The Labute approximate surface area is 147 Å². The monoisotopic (exact) mass is 354 g/mol. The number of hydrogen-bond acceptors (Lipinski definition) is 3. The molecule has 0 saturated carbocycles. The lowest BCUT2D eigenvalue weighted by molar-refractivity contribution is -0.142. The second kappa shape index (κ2) is 7.99. The number of carbonyl (C=O) groups is 1. The Bertz CT molecular complexity index is 623. The van der Waals surface area contributed by atoms with Gasteiger partial charge in [-0.05, 0) is 32.0 Å². The van der Waals surface area contributed by atoms with Crippen LogP contribution in [0.5, 0.6) is 0 Å². The van der Waals surface area contributed by atoms with Gasteiger partial charge in [-0.15, -0.1) is 6.58 Å². The van der Waals surface area contributed by atoms with Crippen molar-refractivity contribution in [2.75, 3.05) is 31.6 Å². The van der Waals surface area contributed by atoms with Crippen molar-refractivity contribution in [3.05, 3.63) is 41.2 Å². The van der Waals surface area contributed by atoms with E-state index in [0.717, 1.165) is 11.3 Å². The van der Waals surface area contributed by atoms with E-state index < -0.39 is 11.9 Å². The number of nitrogens with zero attached hydrogens (tertiary/aromatic N) is 2. The normalized spacial score (nSPS) is 19.3. The second-order valence-corrected chi connectivity index (χ2v) is 6.72. The van der Waals surface area contributed by atoms with Crippen LogP contribution in [-0.2, 0) is 9.53 Å². The number of anilines is 1. The summed E-state index contributed by atoms with van der Waals surface area (Å²) in [4.78, 5) is 16.6. The van der Waals surface area contributed by atoms with Crippen LogP contribution in [0.4, 0.5) is 10.1 Å². The molecule has 1 fully saturated rings. The van der Waals surface area contributed by atoms with Gasteiger partial charge in [0, 0.05) is 44.9 Å². The molecule has 1 aliphatic rings. The molecule has 6 heteroatoms. The Morgan fingerprint density at radius 3 is 2.75 bits per heavy atom. The number of benzene rings is 1. The first kappa shape index (κ1) is 18.7. The van der Waals surface area contributed by atoms with Gasteiger partial charge >= 0.3 is 0 Å². The molecule has 1 amide bonds. The average Bonchev–Trinajstić information content (AvgIpc) is 2.54. The molecule has 4 nitrogen and oxygen atoms in total. The lowest BCUT2D eigenvalue weighted by Gasteiger charge is -2.42. The molecule has 24 heavy (non-hydrogen) atoms. The number of carbonyl (C=O) groups excluding carboxylic acids is 1. The molecule has 0 aliphatic carbocycles. The van der Waals surface area contributed by atoms with Crippen LogP contribution in [-0.4, -0.2) is 49.7 Å². The van der Waals surface area contributed by atoms with E-state index in [0.29, 0.717) is 26.1 Å². The Morgan fingerprint density at radius 1 is 1.50 bits per heavy atom. The van der Waals surface area contributed by atoms with E-state index in [1.54, 1.807) is 19.2 Å². The van der Waals surface area contributed by atoms with Crippen molar-refractivity contribution in [3.8, 4) is 0 Å². The molecule has 0 N–H and O–H groups in total. The van der Waals surface area contributed by atoms with Crippen molar-refractivity contribution in [3.63, 3.8) is 0 Å². The van der Waals surface area contributed by atoms with E-state index in [9.17, 15) is 9.18 Å². The summed E-state index contributed by atoms with van der Waals surface area (Å²) in [6.07, 6.45) is 0.0406. The summed E-state index contributed by atoms with van der Waals surface area (Å²) in [6.45, 7) is 9.62. The molecular formula is C18H24ClFN2O2. The van der Waals surface area contributed by atoms with Crippen LogP contribution in [0, 0.1) is 5.82 Å². The second-order valence-electron chi connectivity index (χ2n) is 6.31. The quantitative estimate of drug-likeness (QED) is 0.759. The minimum atomic E-state index is -0.485. The summed E-state index contributed by atoms with van der Waals surface area (Å²) in [6, 6.07) is 4.82. The van der Waals surface area contributed by atoms with Gasteiger partial charge in [-0.25, -0.2) is 4.39 Å². The van der Waals surface area contributed by atoms with Crippen LogP contribution < -0.4 is 4.90 Å². The predicted octanol–water partition coefficient (Wildman–Crippen LogP) is 3.50. The van der Waals surface area contributed by atoms with Gasteiger partial charge in [0.2, 0.25) is 0 Å². The Morgan fingerprint density at radius 2 is 2.21 bits per heavy atom. The average molecular weight is 355 g/mol.